The molecule has 2 fully saturated rings. The molecule has 5 rings (SSSR count). The summed E-state index contributed by atoms with van der Waals surface area (Å²) in [5.74, 6) is 1.38. The molecule has 1 saturated heterocycles. The molecule has 174 valence electrons. The van der Waals surface area contributed by atoms with Gasteiger partial charge in [-0.25, -0.2) is 9.97 Å². The monoisotopic (exact) mass is 458 g/mol. The Morgan fingerprint density at radius 2 is 2.00 bits per heavy atom. The number of thiophene rings is 1. The number of aromatic nitrogens is 2. The molecule has 3 heterocycles. The Kier molecular flexibility index (Phi) is 6.62. The minimum atomic E-state index is 0.153. The minimum Gasteiger partial charge on any atom is -0.474 e. The van der Waals surface area contributed by atoms with E-state index in [4.69, 9.17) is 4.74 Å². The molecule has 2 aromatic rings. The van der Waals surface area contributed by atoms with Gasteiger partial charge in [0, 0.05) is 30.6 Å². The van der Waals surface area contributed by atoms with Crippen molar-refractivity contribution in [1.29, 1.82) is 0 Å². The number of aliphatic hydroxyl groups excluding tert-OH is 1. The zero-order valence-corrected chi connectivity index (χ0v) is 19.8. The van der Waals surface area contributed by atoms with Crippen LogP contribution in [0.1, 0.15) is 67.7 Å². The van der Waals surface area contributed by atoms with Crippen molar-refractivity contribution in [3.05, 3.63) is 16.8 Å². The number of nitrogens with zero attached hydrogens (tertiary/aromatic N) is 4. The Bertz CT molecular complexity index is 950. The maximum atomic E-state index is 12.5. The Labute approximate surface area is 193 Å². The number of likely N-dealkylation sites (tertiary alicyclic amines) is 1. The molecule has 0 unspecified atom stereocenters. The second-order valence-electron chi connectivity index (χ2n) is 9.60. The normalized spacial score (nSPS) is 25.6. The van der Waals surface area contributed by atoms with Crippen LogP contribution >= 0.6 is 11.3 Å². The lowest BCUT2D eigenvalue weighted by Gasteiger charge is -2.35. The summed E-state index contributed by atoms with van der Waals surface area (Å²) in [5, 5.41) is 10.6. The van der Waals surface area contributed by atoms with Crippen LogP contribution < -0.4 is 4.74 Å². The van der Waals surface area contributed by atoms with Gasteiger partial charge in [0.1, 0.15) is 17.3 Å². The van der Waals surface area contributed by atoms with Crippen molar-refractivity contribution in [3.8, 4) is 5.88 Å². The van der Waals surface area contributed by atoms with E-state index in [2.05, 4.69) is 21.9 Å². The Balaban J connectivity index is 1.21. The fourth-order valence-electron chi connectivity index (χ4n) is 5.74. The fourth-order valence-corrected chi connectivity index (χ4v) is 6.98. The van der Waals surface area contributed by atoms with Gasteiger partial charge in [-0.15, -0.1) is 11.3 Å². The van der Waals surface area contributed by atoms with E-state index in [-0.39, 0.29) is 18.6 Å². The van der Waals surface area contributed by atoms with Crippen LogP contribution in [0.15, 0.2) is 6.33 Å². The van der Waals surface area contributed by atoms with Gasteiger partial charge in [0.15, 0.2) is 0 Å². The van der Waals surface area contributed by atoms with Crippen LogP contribution in [0, 0.1) is 0 Å². The van der Waals surface area contributed by atoms with Gasteiger partial charge < -0.3 is 14.7 Å². The van der Waals surface area contributed by atoms with Crippen molar-refractivity contribution in [2.75, 3.05) is 33.3 Å². The summed E-state index contributed by atoms with van der Waals surface area (Å²) in [6.07, 6.45) is 11.0. The van der Waals surface area contributed by atoms with Gasteiger partial charge in [0.2, 0.25) is 11.8 Å². The van der Waals surface area contributed by atoms with E-state index in [0.717, 1.165) is 87.0 Å². The number of aliphatic hydroxyl groups is 1. The van der Waals surface area contributed by atoms with Crippen LogP contribution in [-0.2, 0) is 11.2 Å². The van der Waals surface area contributed by atoms with Crippen molar-refractivity contribution in [2.45, 2.75) is 75.9 Å². The molecule has 0 spiro atoms. The first-order valence-electron chi connectivity index (χ1n) is 12.2. The quantitative estimate of drug-likeness (QED) is 0.686. The molecular formula is C24H34N4O3S. The zero-order chi connectivity index (χ0) is 22.1. The van der Waals surface area contributed by atoms with Crippen molar-refractivity contribution >= 4 is 27.5 Å². The topological polar surface area (TPSA) is 78.8 Å². The number of rotatable bonds is 7. The standard InChI is InChI=1S/C24H34N4O3S/c1-27(14-20(30)28-11-2-3-12-28)17-5-7-18(8-6-17)31-23-22-21-16(10-13-29)4-9-19(21)32-24(22)26-15-25-23/h15-18,29H,2-14H2,1H3/t16-,17?,18?/m1/s1. The lowest BCUT2D eigenvalue weighted by molar-refractivity contribution is -0.131. The highest BCUT2D eigenvalue weighted by atomic mass is 32.1. The van der Waals surface area contributed by atoms with Crippen molar-refractivity contribution in [3.63, 3.8) is 0 Å². The highest BCUT2D eigenvalue weighted by Gasteiger charge is 2.32. The SMILES string of the molecule is CN(CC(=O)N1CCCC1)C1CCC(Oc2ncnc3sc4c(c23)[C@@H](CCO)CC4)CC1. The number of amides is 1. The van der Waals surface area contributed by atoms with E-state index in [1.54, 1.807) is 17.7 Å². The minimum absolute atomic E-state index is 0.153. The fraction of sp³-hybridized carbons (Fsp3) is 0.708. The predicted octanol–water partition coefficient (Wildman–Crippen LogP) is 3.35. The second kappa shape index (κ2) is 9.61. The van der Waals surface area contributed by atoms with Gasteiger partial charge in [-0.05, 0) is 76.3 Å². The lowest BCUT2D eigenvalue weighted by Crippen LogP contribution is -2.44. The highest BCUT2D eigenvalue weighted by Crippen LogP contribution is 2.47. The molecule has 7 nitrogen and oxygen atoms in total. The molecule has 8 heteroatoms. The van der Waals surface area contributed by atoms with Gasteiger partial charge in [0.25, 0.3) is 0 Å². The second-order valence-corrected chi connectivity index (χ2v) is 10.7. The van der Waals surface area contributed by atoms with Crippen molar-refractivity contribution in [2.24, 2.45) is 0 Å². The maximum absolute atomic E-state index is 12.5. The first-order chi connectivity index (χ1) is 15.6. The summed E-state index contributed by atoms with van der Waals surface area (Å²) in [6, 6.07) is 0.436. The number of ether oxygens (including phenoxy) is 1. The average molecular weight is 459 g/mol. The third-order valence-corrected chi connectivity index (χ3v) is 8.74. The Morgan fingerprint density at radius 1 is 1.22 bits per heavy atom. The molecule has 1 saturated carbocycles. The number of carbonyl (C=O) groups is 1. The first-order valence-corrected chi connectivity index (χ1v) is 13.0. The van der Waals surface area contributed by atoms with Gasteiger partial charge in [-0.1, -0.05) is 0 Å². The molecular weight excluding hydrogens is 424 g/mol. The molecule has 1 N–H and O–H groups in total. The van der Waals surface area contributed by atoms with Crippen molar-refractivity contribution in [1.82, 2.24) is 19.8 Å². The lowest BCUT2D eigenvalue weighted by atomic mass is 9.92. The van der Waals surface area contributed by atoms with Gasteiger partial charge >= 0.3 is 0 Å². The molecule has 0 aromatic carbocycles. The maximum Gasteiger partial charge on any atom is 0.236 e. The summed E-state index contributed by atoms with van der Waals surface area (Å²) in [5.41, 5.74) is 1.32. The van der Waals surface area contributed by atoms with Crippen LogP contribution in [0.3, 0.4) is 0 Å². The van der Waals surface area contributed by atoms with Crippen LogP contribution in [0.25, 0.3) is 10.2 Å². The summed E-state index contributed by atoms with van der Waals surface area (Å²) in [6.45, 7) is 2.58. The molecule has 0 radical (unpaired) electrons. The Morgan fingerprint density at radius 3 is 2.75 bits per heavy atom. The van der Waals surface area contributed by atoms with Crippen molar-refractivity contribution < 1.29 is 14.6 Å². The highest BCUT2D eigenvalue weighted by molar-refractivity contribution is 7.19. The van der Waals surface area contributed by atoms with Crippen LogP contribution in [-0.4, -0.2) is 76.2 Å². The average Bonchev–Trinajstić information content (AvgIpc) is 3.53. The number of fused-ring (bicyclic) bond motifs is 3. The summed E-state index contributed by atoms with van der Waals surface area (Å²) >= 11 is 1.76. The number of hydrogen-bond donors (Lipinski definition) is 1. The largest absolute Gasteiger partial charge is 0.474 e. The van der Waals surface area contributed by atoms with E-state index in [1.165, 1.54) is 10.4 Å². The number of aryl methyl sites for hydroxylation is 1. The molecule has 1 atom stereocenters. The summed E-state index contributed by atoms with van der Waals surface area (Å²) in [4.78, 5) is 28.2. The Hall–Kier alpha value is -1.77. The number of hydrogen-bond acceptors (Lipinski definition) is 7. The molecule has 2 aromatic heterocycles. The van der Waals surface area contributed by atoms with Crippen LogP contribution in [0.5, 0.6) is 5.88 Å². The van der Waals surface area contributed by atoms with Crippen LogP contribution in [0.4, 0.5) is 0 Å². The molecule has 2 aliphatic carbocycles. The zero-order valence-electron chi connectivity index (χ0n) is 19.0. The molecule has 32 heavy (non-hydrogen) atoms. The number of carbonyl (C=O) groups excluding carboxylic acids is 1. The third kappa shape index (κ3) is 4.37. The molecule has 3 aliphatic rings. The van der Waals surface area contributed by atoms with Gasteiger partial charge in [0.05, 0.1) is 11.9 Å². The summed E-state index contributed by atoms with van der Waals surface area (Å²) < 4.78 is 6.47. The number of likely N-dealkylation sites (N-methyl/N-ethyl adjacent to an activating group) is 1. The summed E-state index contributed by atoms with van der Waals surface area (Å²) in [7, 11) is 2.09. The van der Waals surface area contributed by atoms with Crippen LogP contribution in [0.2, 0.25) is 0 Å². The first kappa shape index (κ1) is 22.0. The third-order valence-electron chi connectivity index (χ3n) is 7.56. The predicted molar refractivity (Wildman–Crippen MR) is 125 cm³/mol. The van der Waals surface area contributed by atoms with E-state index in [0.29, 0.717) is 18.5 Å². The molecule has 0 bridgehead atoms. The van der Waals surface area contributed by atoms with E-state index in [9.17, 15) is 9.90 Å². The van der Waals surface area contributed by atoms with E-state index in [1.807, 2.05) is 4.90 Å². The molecule has 1 amide bonds. The van der Waals surface area contributed by atoms with Gasteiger partial charge in [-0.3, -0.25) is 9.69 Å². The molecule has 1 aliphatic heterocycles. The van der Waals surface area contributed by atoms with E-state index < -0.39 is 0 Å². The smallest absolute Gasteiger partial charge is 0.236 e. The van der Waals surface area contributed by atoms with Gasteiger partial charge in [-0.2, -0.15) is 0 Å². The van der Waals surface area contributed by atoms with E-state index >= 15 is 0 Å².